The van der Waals surface area contributed by atoms with Gasteiger partial charge in [0.15, 0.2) is 17.5 Å². The molecule has 5 heteroatoms. The van der Waals surface area contributed by atoms with Crippen LogP contribution in [0.2, 0.25) is 0 Å². The highest BCUT2D eigenvalue weighted by molar-refractivity contribution is 5.70. The third-order valence-electron chi connectivity index (χ3n) is 6.64. The molecule has 0 amide bonds. The number of hydrogen-bond donors (Lipinski definition) is 1. The van der Waals surface area contributed by atoms with Gasteiger partial charge in [-0.25, -0.2) is 15.0 Å². The van der Waals surface area contributed by atoms with Crippen molar-refractivity contribution in [2.75, 3.05) is 6.61 Å². The van der Waals surface area contributed by atoms with E-state index in [0.29, 0.717) is 29.1 Å². The summed E-state index contributed by atoms with van der Waals surface area (Å²) in [5, 5.41) is 10.4. The van der Waals surface area contributed by atoms with Gasteiger partial charge in [0.2, 0.25) is 0 Å². The Balaban J connectivity index is 0.000000317. The molecule has 198 valence electrons. The number of aromatic nitrogens is 3. The van der Waals surface area contributed by atoms with E-state index >= 15 is 0 Å². The zero-order chi connectivity index (χ0) is 27.1. The molecule has 1 N–H and O–H groups in total. The summed E-state index contributed by atoms with van der Waals surface area (Å²) < 4.78 is 5.46. The van der Waals surface area contributed by atoms with Crippen LogP contribution in [-0.4, -0.2) is 32.8 Å². The van der Waals surface area contributed by atoms with Crippen LogP contribution in [0.25, 0.3) is 34.2 Å². The van der Waals surface area contributed by atoms with Gasteiger partial charge in [-0.3, -0.25) is 0 Å². The van der Waals surface area contributed by atoms with Gasteiger partial charge in [-0.05, 0) is 83.4 Å². The standard InChI is InChI=1S/C25H23N3O.C8H16O/c1-15-9-16(2)12-19(11-15)23-26-24(20-13-17(3)10-18(4)14-20)28-25(27-23)21-7-5-6-8-22(21)29;1-2-3-5-8-6-4-7-9-8/h5-14,29H,1-4H3;8H,2-7H2,1H3. The molecule has 1 unspecified atom stereocenters. The molecule has 1 aromatic heterocycles. The largest absolute Gasteiger partial charge is 0.507 e. The molecule has 4 aromatic rings. The number of nitrogens with zero attached hydrogens (tertiary/aromatic N) is 3. The van der Waals surface area contributed by atoms with Gasteiger partial charge in [0.05, 0.1) is 11.7 Å². The smallest absolute Gasteiger partial charge is 0.167 e. The number of aryl methyl sites for hydroxylation is 4. The number of para-hydroxylation sites is 1. The molecule has 5 nitrogen and oxygen atoms in total. The van der Waals surface area contributed by atoms with E-state index in [-0.39, 0.29) is 5.75 Å². The Bertz CT molecular complexity index is 1270. The Labute approximate surface area is 227 Å². The molecule has 1 fully saturated rings. The highest BCUT2D eigenvalue weighted by Gasteiger charge is 2.15. The van der Waals surface area contributed by atoms with Crippen molar-refractivity contribution in [1.82, 2.24) is 15.0 Å². The summed E-state index contributed by atoms with van der Waals surface area (Å²) in [6.07, 6.45) is 7.14. The Morgan fingerprint density at radius 3 is 1.76 bits per heavy atom. The molecule has 0 radical (unpaired) electrons. The fraction of sp³-hybridized carbons (Fsp3) is 0.364. The van der Waals surface area contributed by atoms with E-state index in [0.717, 1.165) is 40.0 Å². The van der Waals surface area contributed by atoms with Crippen LogP contribution in [0.3, 0.4) is 0 Å². The van der Waals surface area contributed by atoms with Gasteiger partial charge in [0, 0.05) is 17.7 Å². The zero-order valence-corrected chi connectivity index (χ0v) is 23.3. The number of rotatable bonds is 6. The van der Waals surface area contributed by atoms with Crippen LogP contribution in [0.15, 0.2) is 60.7 Å². The topological polar surface area (TPSA) is 68.1 Å². The third-order valence-corrected chi connectivity index (χ3v) is 6.64. The third kappa shape index (κ3) is 7.26. The maximum Gasteiger partial charge on any atom is 0.167 e. The minimum absolute atomic E-state index is 0.149. The summed E-state index contributed by atoms with van der Waals surface area (Å²) in [5.74, 6) is 1.80. The highest BCUT2D eigenvalue weighted by Crippen LogP contribution is 2.30. The van der Waals surface area contributed by atoms with Crippen LogP contribution in [-0.2, 0) is 4.74 Å². The van der Waals surface area contributed by atoms with Gasteiger partial charge in [0.1, 0.15) is 5.75 Å². The van der Waals surface area contributed by atoms with Crippen molar-refractivity contribution in [2.24, 2.45) is 0 Å². The molecule has 38 heavy (non-hydrogen) atoms. The summed E-state index contributed by atoms with van der Waals surface area (Å²) in [5.41, 5.74) is 7.07. The van der Waals surface area contributed by atoms with E-state index in [1.807, 2.05) is 12.1 Å². The number of phenols is 1. The maximum atomic E-state index is 10.4. The van der Waals surface area contributed by atoms with Gasteiger partial charge in [-0.2, -0.15) is 0 Å². The van der Waals surface area contributed by atoms with Gasteiger partial charge in [0.25, 0.3) is 0 Å². The number of hydrogen-bond acceptors (Lipinski definition) is 5. The minimum Gasteiger partial charge on any atom is -0.507 e. The van der Waals surface area contributed by atoms with Crippen LogP contribution < -0.4 is 0 Å². The second kappa shape index (κ2) is 12.8. The average molecular weight is 510 g/mol. The van der Waals surface area contributed by atoms with Gasteiger partial charge >= 0.3 is 0 Å². The molecular weight excluding hydrogens is 470 g/mol. The summed E-state index contributed by atoms with van der Waals surface area (Å²) in [6, 6.07) is 19.7. The molecule has 2 heterocycles. The van der Waals surface area contributed by atoms with Gasteiger partial charge in [-0.1, -0.05) is 66.3 Å². The first kappa shape index (κ1) is 27.5. The van der Waals surface area contributed by atoms with Crippen LogP contribution in [0.1, 0.15) is 61.3 Å². The van der Waals surface area contributed by atoms with Gasteiger partial charge in [-0.15, -0.1) is 0 Å². The van der Waals surface area contributed by atoms with Crippen molar-refractivity contribution < 1.29 is 9.84 Å². The fourth-order valence-corrected chi connectivity index (χ4v) is 4.93. The summed E-state index contributed by atoms with van der Waals surface area (Å²) in [4.78, 5) is 14.2. The summed E-state index contributed by atoms with van der Waals surface area (Å²) in [7, 11) is 0. The normalized spacial score (nSPS) is 14.7. The van der Waals surface area contributed by atoms with E-state index in [1.54, 1.807) is 12.1 Å². The summed E-state index contributed by atoms with van der Waals surface area (Å²) >= 11 is 0. The van der Waals surface area contributed by atoms with Crippen molar-refractivity contribution in [2.45, 2.75) is 72.8 Å². The first-order chi connectivity index (χ1) is 18.3. The average Bonchev–Trinajstić information content (AvgIpc) is 3.40. The lowest BCUT2D eigenvalue weighted by atomic mass is 10.1. The fourth-order valence-electron chi connectivity index (χ4n) is 4.93. The predicted molar refractivity (Wildman–Crippen MR) is 155 cm³/mol. The predicted octanol–water partition coefficient (Wildman–Crippen LogP) is 8.17. The minimum atomic E-state index is 0.149. The lowest BCUT2D eigenvalue weighted by Crippen LogP contribution is -2.03. The molecule has 3 aromatic carbocycles. The molecule has 0 aliphatic carbocycles. The second-order valence-electron chi connectivity index (χ2n) is 10.4. The molecule has 0 spiro atoms. The molecule has 1 aliphatic rings. The van der Waals surface area contributed by atoms with Crippen LogP contribution in [0.5, 0.6) is 5.75 Å². The molecule has 1 aliphatic heterocycles. The monoisotopic (exact) mass is 509 g/mol. The molecular formula is C33H39N3O2. The van der Waals surface area contributed by atoms with E-state index in [9.17, 15) is 5.11 Å². The van der Waals surface area contributed by atoms with E-state index < -0.39 is 0 Å². The molecule has 1 saturated heterocycles. The molecule has 0 bridgehead atoms. The van der Waals surface area contributed by atoms with Crippen LogP contribution in [0.4, 0.5) is 0 Å². The first-order valence-corrected chi connectivity index (χ1v) is 13.7. The van der Waals surface area contributed by atoms with Crippen molar-refractivity contribution in [3.63, 3.8) is 0 Å². The van der Waals surface area contributed by atoms with Gasteiger partial charge < -0.3 is 9.84 Å². The number of benzene rings is 3. The second-order valence-corrected chi connectivity index (χ2v) is 10.4. The Kier molecular flexibility index (Phi) is 9.24. The highest BCUT2D eigenvalue weighted by atomic mass is 16.5. The molecule has 0 saturated carbocycles. The Morgan fingerprint density at radius 1 is 0.763 bits per heavy atom. The van der Waals surface area contributed by atoms with Crippen molar-refractivity contribution >= 4 is 0 Å². The Hall–Kier alpha value is -3.57. The van der Waals surface area contributed by atoms with E-state index in [1.165, 1.54) is 32.1 Å². The van der Waals surface area contributed by atoms with Crippen molar-refractivity contribution in [1.29, 1.82) is 0 Å². The first-order valence-electron chi connectivity index (χ1n) is 13.7. The summed E-state index contributed by atoms with van der Waals surface area (Å²) in [6.45, 7) is 11.5. The lowest BCUT2D eigenvalue weighted by molar-refractivity contribution is 0.102. The quantitative estimate of drug-likeness (QED) is 0.284. The van der Waals surface area contributed by atoms with E-state index in [4.69, 9.17) is 19.7 Å². The number of ether oxygens (including phenoxy) is 1. The van der Waals surface area contributed by atoms with Crippen LogP contribution in [0, 0.1) is 27.7 Å². The van der Waals surface area contributed by atoms with Crippen LogP contribution >= 0.6 is 0 Å². The molecule has 1 atom stereocenters. The van der Waals surface area contributed by atoms with E-state index in [2.05, 4.69) is 71.0 Å². The molecule has 5 rings (SSSR count). The number of unbranched alkanes of at least 4 members (excludes halogenated alkanes) is 1. The van der Waals surface area contributed by atoms with Crippen molar-refractivity contribution in [3.05, 3.63) is 82.9 Å². The number of phenolic OH excluding ortho intramolecular Hbond substituents is 1. The van der Waals surface area contributed by atoms with Crippen molar-refractivity contribution in [3.8, 4) is 39.9 Å². The zero-order valence-electron chi connectivity index (χ0n) is 23.3. The SMILES string of the molecule is CCCCC1CCCO1.Cc1cc(C)cc(-c2nc(-c3cc(C)cc(C)c3)nc(-c3ccccc3O)n2)c1. The number of aromatic hydroxyl groups is 1. The Morgan fingerprint density at radius 2 is 1.29 bits per heavy atom. The lowest BCUT2D eigenvalue weighted by Gasteiger charge is -2.11. The maximum absolute atomic E-state index is 10.4.